The summed E-state index contributed by atoms with van der Waals surface area (Å²) in [6.45, 7) is 0.987. The molecule has 5 heteroatoms. The fourth-order valence-corrected chi connectivity index (χ4v) is 2.24. The minimum Gasteiger partial charge on any atom is -0.398 e. The predicted molar refractivity (Wildman–Crippen MR) is 68.7 cm³/mol. The van der Waals surface area contributed by atoms with Crippen LogP contribution in [-0.4, -0.2) is 37.2 Å². The van der Waals surface area contributed by atoms with E-state index in [0.29, 0.717) is 11.3 Å². The number of primary amides is 1. The van der Waals surface area contributed by atoms with Gasteiger partial charge in [-0.25, -0.2) is 0 Å². The molecule has 1 aromatic carbocycles. The van der Waals surface area contributed by atoms with E-state index in [1.807, 2.05) is 20.2 Å². The highest BCUT2D eigenvalue weighted by Gasteiger charge is 2.06. The summed E-state index contributed by atoms with van der Waals surface area (Å²) in [4.78, 5) is 14.2. The Labute approximate surface area is 100.0 Å². The first-order chi connectivity index (χ1) is 7.50. The van der Waals surface area contributed by atoms with Crippen LogP contribution in [-0.2, 0) is 0 Å². The molecule has 0 heterocycles. The van der Waals surface area contributed by atoms with Gasteiger partial charge in [0.1, 0.15) is 0 Å². The number of amides is 1. The smallest absolute Gasteiger partial charge is 0.250 e. The third-order valence-electron chi connectivity index (χ3n) is 2.10. The summed E-state index contributed by atoms with van der Waals surface area (Å²) in [6, 6.07) is 5.37. The van der Waals surface area contributed by atoms with Crippen LogP contribution in [0.4, 0.5) is 5.69 Å². The molecule has 0 bridgehead atoms. The Hall–Kier alpha value is -1.20. The lowest BCUT2D eigenvalue weighted by Gasteiger charge is -2.09. The third-order valence-corrected chi connectivity index (χ3v) is 3.07. The highest BCUT2D eigenvalue weighted by atomic mass is 32.2. The summed E-state index contributed by atoms with van der Waals surface area (Å²) in [7, 11) is 4.05. The Morgan fingerprint density at radius 1 is 1.44 bits per heavy atom. The number of nitrogen functional groups attached to an aromatic ring is 1. The molecule has 0 aliphatic rings. The first kappa shape index (κ1) is 12.9. The van der Waals surface area contributed by atoms with Crippen molar-refractivity contribution >= 4 is 23.4 Å². The molecule has 0 saturated carbocycles. The Morgan fingerprint density at radius 2 is 2.12 bits per heavy atom. The van der Waals surface area contributed by atoms with Crippen molar-refractivity contribution in [3.8, 4) is 0 Å². The molecule has 0 saturated heterocycles. The number of nitrogens with zero attached hydrogens (tertiary/aromatic N) is 1. The van der Waals surface area contributed by atoms with Gasteiger partial charge >= 0.3 is 0 Å². The predicted octanol–water partition coefficient (Wildman–Crippen LogP) is 1.02. The van der Waals surface area contributed by atoms with Gasteiger partial charge < -0.3 is 16.4 Å². The van der Waals surface area contributed by atoms with Crippen molar-refractivity contribution in [1.82, 2.24) is 4.90 Å². The summed E-state index contributed by atoms with van der Waals surface area (Å²) in [6.07, 6.45) is 0. The molecule has 0 spiro atoms. The molecule has 0 aliphatic heterocycles. The molecule has 0 radical (unpaired) electrons. The van der Waals surface area contributed by atoms with Crippen LogP contribution in [0.15, 0.2) is 23.1 Å². The van der Waals surface area contributed by atoms with E-state index >= 15 is 0 Å². The van der Waals surface area contributed by atoms with Crippen LogP contribution in [0, 0.1) is 0 Å². The lowest BCUT2D eigenvalue weighted by atomic mass is 10.2. The molecule has 88 valence electrons. The SMILES string of the molecule is CN(C)CCSc1ccc(N)c(C(N)=O)c1. The Kier molecular flexibility index (Phi) is 4.64. The second-order valence-electron chi connectivity index (χ2n) is 3.77. The van der Waals surface area contributed by atoms with E-state index in [0.717, 1.165) is 17.2 Å². The molecule has 0 atom stereocenters. The maximum atomic E-state index is 11.1. The highest BCUT2D eigenvalue weighted by molar-refractivity contribution is 7.99. The van der Waals surface area contributed by atoms with Gasteiger partial charge in [0.25, 0.3) is 5.91 Å². The lowest BCUT2D eigenvalue weighted by molar-refractivity contribution is 0.100. The molecule has 1 aromatic rings. The molecule has 1 rings (SSSR count). The van der Waals surface area contributed by atoms with Crippen molar-refractivity contribution in [2.75, 3.05) is 32.1 Å². The molecular formula is C11H17N3OS. The van der Waals surface area contributed by atoms with Gasteiger partial charge in [-0.05, 0) is 32.3 Å². The number of carbonyl (C=O) groups is 1. The number of carbonyl (C=O) groups excluding carboxylic acids is 1. The zero-order valence-corrected chi connectivity index (χ0v) is 10.4. The van der Waals surface area contributed by atoms with Crippen molar-refractivity contribution in [2.45, 2.75) is 4.90 Å². The van der Waals surface area contributed by atoms with Crippen LogP contribution >= 0.6 is 11.8 Å². The zero-order chi connectivity index (χ0) is 12.1. The minimum absolute atomic E-state index is 0.398. The van der Waals surface area contributed by atoms with Gasteiger partial charge in [-0.1, -0.05) is 0 Å². The van der Waals surface area contributed by atoms with Crippen molar-refractivity contribution in [3.05, 3.63) is 23.8 Å². The second-order valence-corrected chi connectivity index (χ2v) is 4.93. The Morgan fingerprint density at radius 3 is 2.69 bits per heavy atom. The highest BCUT2D eigenvalue weighted by Crippen LogP contribution is 2.22. The monoisotopic (exact) mass is 239 g/mol. The normalized spacial score (nSPS) is 10.7. The number of nitrogens with two attached hydrogens (primary N) is 2. The Bertz CT molecular complexity index is 379. The summed E-state index contributed by atoms with van der Waals surface area (Å²) >= 11 is 1.68. The maximum absolute atomic E-state index is 11.1. The van der Waals surface area contributed by atoms with Crippen molar-refractivity contribution in [3.63, 3.8) is 0 Å². The number of thioether (sulfide) groups is 1. The van der Waals surface area contributed by atoms with Gasteiger partial charge in [0.05, 0.1) is 5.56 Å². The molecular weight excluding hydrogens is 222 g/mol. The maximum Gasteiger partial charge on any atom is 0.250 e. The average Bonchev–Trinajstić information content (AvgIpc) is 2.19. The number of benzene rings is 1. The molecule has 0 unspecified atom stereocenters. The third kappa shape index (κ3) is 3.75. The number of rotatable bonds is 5. The number of anilines is 1. The summed E-state index contributed by atoms with van der Waals surface area (Å²) < 4.78 is 0. The summed E-state index contributed by atoms with van der Waals surface area (Å²) in [5, 5.41) is 0. The van der Waals surface area contributed by atoms with Crippen molar-refractivity contribution in [1.29, 1.82) is 0 Å². The quantitative estimate of drug-likeness (QED) is 0.594. The van der Waals surface area contributed by atoms with Gasteiger partial charge in [-0.15, -0.1) is 11.8 Å². The number of hydrogen-bond donors (Lipinski definition) is 2. The average molecular weight is 239 g/mol. The van der Waals surface area contributed by atoms with E-state index in [9.17, 15) is 4.79 Å². The Balaban J connectivity index is 2.68. The first-order valence-corrected chi connectivity index (χ1v) is 5.96. The van der Waals surface area contributed by atoms with Crippen LogP contribution in [0.25, 0.3) is 0 Å². The molecule has 1 amide bonds. The van der Waals surface area contributed by atoms with Gasteiger partial charge in [0.2, 0.25) is 0 Å². The van der Waals surface area contributed by atoms with Gasteiger partial charge in [-0.2, -0.15) is 0 Å². The largest absolute Gasteiger partial charge is 0.398 e. The van der Waals surface area contributed by atoms with E-state index in [-0.39, 0.29) is 0 Å². The zero-order valence-electron chi connectivity index (χ0n) is 9.56. The minimum atomic E-state index is -0.479. The first-order valence-electron chi connectivity index (χ1n) is 4.97. The van der Waals surface area contributed by atoms with E-state index in [2.05, 4.69) is 4.90 Å². The second kappa shape index (κ2) is 5.77. The summed E-state index contributed by atoms with van der Waals surface area (Å²) in [5.74, 6) is 0.488. The topological polar surface area (TPSA) is 72.3 Å². The van der Waals surface area contributed by atoms with Crippen molar-refractivity contribution < 1.29 is 4.79 Å². The fourth-order valence-electron chi connectivity index (χ4n) is 1.18. The standard InChI is InChI=1S/C11H17N3OS/c1-14(2)5-6-16-8-3-4-10(12)9(7-8)11(13)15/h3-4,7H,5-6,12H2,1-2H3,(H2,13,15). The van der Waals surface area contributed by atoms with Gasteiger partial charge in [0.15, 0.2) is 0 Å². The molecule has 16 heavy (non-hydrogen) atoms. The summed E-state index contributed by atoms with van der Waals surface area (Å²) in [5.41, 5.74) is 11.7. The van der Waals surface area contributed by atoms with Crippen molar-refractivity contribution in [2.24, 2.45) is 5.73 Å². The van der Waals surface area contributed by atoms with E-state index in [1.165, 1.54) is 0 Å². The molecule has 0 aromatic heterocycles. The molecule has 4 N–H and O–H groups in total. The molecule has 4 nitrogen and oxygen atoms in total. The van der Waals surface area contributed by atoms with Crippen LogP contribution in [0.2, 0.25) is 0 Å². The van der Waals surface area contributed by atoms with E-state index in [4.69, 9.17) is 11.5 Å². The lowest BCUT2D eigenvalue weighted by Crippen LogP contribution is -2.15. The van der Waals surface area contributed by atoms with Crippen LogP contribution in [0.1, 0.15) is 10.4 Å². The van der Waals surface area contributed by atoms with E-state index in [1.54, 1.807) is 23.9 Å². The van der Waals surface area contributed by atoms with Crippen LogP contribution in [0.3, 0.4) is 0 Å². The molecule has 0 fully saturated rings. The van der Waals surface area contributed by atoms with Crippen LogP contribution in [0.5, 0.6) is 0 Å². The van der Waals surface area contributed by atoms with Gasteiger partial charge in [0, 0.05) is 22.9 Å². The van der Waals surface area contributed by atoms with E-state index < -0.39 is 5.91 Å². The molecule has 0 aliphatic carbocycles. The van der Waals surface area contributed by atoms with Crippen LogP contribution < -0.4 is 11.5 Å². The fraction of sp³-hybridized carbons (Fsp3) is 0.364. The van der Waals surface area contributed by atoms with Gasteiger partial charge in [-0.3, -0.25) is 4.79 Å². The number of hydrogen-bond acceptors (Lipinski definition) is 4.